The number of aliphatic hydroxyl groups excluding tert-OH is 2. The molecule has 322 valence electrons. The minimum atomic E-state index is -5.57. The second kappa shape index (κ2) is 21.0. The van der Waals surface area contributed by atoms with Gasteiger partial charge in [0.15, 0.2) is 17.7 Å². The molecule has 2 aromatic rings. The predicted octanol–water partition coefficient (Wildman–Crippen LogP) is 0.801. The third kappa shape index (κ3) is 14.8. The van der Waals surface area contributed by atoms with Crippen LogP contribution in [-0.4, -0.2) is 123 Å². The van der Waals surface area contributed by atoms with Gasteiger partial charge in [-0.1, -0.05) is 52.0 Å². The van der Waals surface area contributed by atoms with Gasteiger partial charge in [0.1, 0.15) is 36.3 Å². The smallest absolute Gasteiger partial charge is 0.386 e. The van der Waals surface area contributed by atoms with Crippen LogP contribution in [0.1, 0.15) is 59.6 Å². The maximum atomic E-state index is 12.7. The summed E-state index contributed by atoms with van der Waals surface area (Å²) < 4.78 is 62.2. The van der Waals surface area contributed by atoms with Crippen molar-refractivity contribution in [1.29, 1.82) is 0 Å². The molecule has 24 nitrogen and oxygen atoms in total. The number of carbonyl (C=O) groups excluding carboxylic acids is 3. The molecule has 10 N–H and O–H groups in total. The van der Waals surface area contributed by atoms with Crippen LogP contribution in [0.3, 0.4) is 0 Å². The molecule has 7 atom stereocenters. The molecule has 0 aliphatic carbocycles. The Bertz CT molecular complexity index is 1900. The number of allylic oxidation sites excluding steroid dienone is 1. The van der Waals surface area contributed by atoms with E-state index in [9.17, 15) is 57.9 Å². The molecule has 0 radical (unpaired) electrons. The number of hydrogen-bond donors (Lipinski definition) is 9. The molecule has 3 heterocycles. The molecular formula is C29H48N7O17P3S. The van der Waals surface area contributed by atoms with Gasteiger partial charge in [0.2, 0.25) is 16.9 Å². The van der Waals surface area contributed by atoms with Crippen LogP contribution in [0.25, 0.3) is 11.2 Å². The van der Waals surface area contributed by atoms with Gasteiger partial charge in [0.25, 0.3) is 0 Å². The number of aliphatic hydroxyl groups is 2. The molecule has 0 saturated carbocycles. The molecule has 1 fully saturated rings. The van der Waals surface area contributed by atoms with E-state index in [2.05, 4.69) is 34.4 Å². The van der Waals surface area contributed by atoms with Gasteiger partial charge in [-0.05, 0) is 12.8 Å². The van der Waals surface area contributed by atoms with E-state index in [4.69, 9.17) is 19.5 Å². The lowest BCUT2D eigenvalue weighted by Gasteiger charge is -2.30. The van der Waals surface area contributed by atoms with Crippen LogP contribution in [0, 0.1) is 5.41 Å². The molecule has 57 heavy (non-hydrogen) atoms. The second-order valence-electron chi connectivity index (χ2n) is 13.1. The molecule has 3 rings (SSSR count). The van der Waals surface area contributed by atoms with Gasteiger partial charge in [0.05, 0.1) is 19.5 Å². The summed E-state index contributed by atoms with van der Waals surface area (Å²) in [4.78, 5) is 88.1. The fourth-order valence-electron chi connectivity index (χ4n) is 5.17. The monoisotopic (exact) mass is 891 g/mol. The van der Waals surface area contributed by atoms with Gasteiger partial charge in [-0.3, -0.25) is 32.5 Å². The summed E-state index contributed by atoms with van der Waals surface area (Å²) in [6.07, 6.45) is -2.79. The molecule has 1 aliphatic heterocycles. The first kappa shape index (κ1) is 48.7. The van der Waals surface area contributed by atoms with Crippen molar-refractivity contribution in [2.75, 3.05) is 37.8 Å². The van der Waals surface area contributed by atoms with Crippen molar-refractivity contribution in [2.24, 2.45) is 5.41 Å². The van der Waals surface area contributed by atoms with Crippen molar-refractivity contribution in [3.8, 4) is 0 Å². The Balaban J connectivity index is 1.49. The SMILES string of the molecule is CCC=C(CCC)C(=O)SCCNC(=O)CCNC(=O)[C@H](O)C(C)(C)COP(=O)(O)OP(=O)(O)OC[C@H]1O[C@@H](n2cnc3c(N)ncnc32)[C@H](O)[C@@H]1OP(=O)(O)O. The molecule has 2 unspecified atom stereocenters. The second-order valence-corrected chi connectivity index (χ2v) is 18.4. The van der Waals surface area contributed by atoms with Gasteiger partial charge in [-0.25, -0.2) is 28.6 Å². The Morgan fingerprint density at radius 3 is 2.39 bits per heavy atom. The number of anilines is 1. The van der Waals surface area contributed by atoms with E-state index >= 15 is 0 Å². The summed E-state index contributed by atoms with van der Waals surface area (Å²) in [5.41, 5.74) is 5.00. The first-order chi connectivity index (χ1) is 26.5. The Morgan fingerprint density at radius 1 is 1.05 bits per heavy atom. The van der Waals surface area contributed by atoms with Crippen molar-refractivity contribution < 1.29 is 80.5 Å². The van der Waals surface area contributed by atoms with Crippen LogP contribution in [-0.2, 0) is 50.7 Å². The highest BCUT2D eigenvalue weighted by Crippen LogP contribution is 2.61. The van der Waals surface area contributed by atoms with E-state index in [0.717, 1.165) is 47.4 Å². The number of nitrogens with two attached hydrogens (primary N) is 1. The minimum absolute atomic E-state index is 0.0309. The fourth-order valence-corrected chi connectivity index (χ4v) is 8.76. The first-order valence-corrected chi connectivity index (χ1v) is 22.8. The van der Waals surface area contributed by atoms with Gasteiger partial charge >= 0.3 is 23.5 Å². The lowest BCUT2D eigenvalue weighted by Crippen LogP contribution is -2.46. The molecule has 0 spiro atoms. The molecule has 1 aliphatic rings. The third-order valence-corrected chi connectivity index (χ3v) is 12.0. The number of hydrogen-bond acceptors (Lipinski definition) is 18. The highest BCUT2D eigenvalue weighted by atomic mass is 32.2. The highest BCUT2D eigenvalue weighted by molar-refractivity contribution is 8.14. The van der Waals surface area contributed by atoms with E-state index in [0.29, 0.717) is 12.2 Å². The number of rotatable bonds is 23. The van der Waals surface area contributed by atoms with E-state index in [-0.39, 0.29) is 41.6 Å². The zero-order chi connectivity index (χ0) is 42.8. The number of carbonyl (C=O) groups is 3. The number of nitrogen functional groups attached to an aromatic ring is 1. The largest absolute Gasteiger partial charge is 0.481 e. The number of aromatic nitrogens is 4. The maximum absolute atomic E-state index is 12.7. The molecular weight excluding hydrogens is 843 g/mol. The summed E-state index contributed by atoms with van der Waals surface area (Å²) in [5.74, 6) is -1.10. The van der Waals surface area contributed by atoms with E-state index in [1.165, 1.54) is 13.8 Å². The van der Waals surface area contributed by atoms with Crippen molar-refractivity contribution in [1.82, 2.24) is 30.2 Å². The number of imidazole rings is 1. The normalized spacial score (nSPS) is 21.8. The number of fused-ring (bicyclic) bond motifs is 1. The molecule has 2 amide bonds. The summed E-state index contributed by atoms with van der Waals surface area (Å²) in [7, 11) is -16.4. The van der Waals surface area contributed by atoms with Crippen molar-refractivity contribution >= 4 is 69.1 Å². The lowest BCUT2D eigenvalue weighted by molar-refractivity contribution is -0.137. The number of thioether (sulfide) groups is 1. The van der Waals surface area contributed by atoms with Crippen LogP contribution >= 0.6 is 35.2 Å². The standard InChI is InChI=1S/C29H48N7O17P3S/c1-5-7-17(8-6-2)28(41)57-12-11-31-19(37)9-10-32-26(40)23(39)29(3,4)14-50-56(47,48)53-55(45,46)49-13-18-22(52-54(42,43)44)21(38)27(51-18)36-16-35-20-24(30)33-15-34-25(20)36/h7,15-16,18,21-23,27,38-39H,5-6,8-14H2,1-4H3,(H,31,37)(H,32,40)(H,45,46)(H,47,48)(H2,30,33,34)(H2,42,43,44)/t18-,21-,22-,23+,27-/m1/s1. The zero-order valence-electron chi connectivity index (χ0n) is 31.3. The van der Waals surface area contributed by atoms with E-state index < -0.39 is 84.6 Å². The van der Waals surface area contributed by atoms with Crippen LogP contribution in [0.15, 0.2) is 24.3 Å². The molecule has 1 saturated heterocycles. The highest BCUT2D eigenvalue weighted by Gasteiger charge is 2.50. The van der Waals surface area contributed by atoms with E-state index in [1.807, 2.05) is 19.9 Å². The maximum Gasteiger partial charge on any atom is 0.481 e. The number of nitrogens with one attached hydrogen (secondary N) is 2. The Hall–Kier alpha value is -2.70. The fraction of sp³-hybridized carbons (Fsp3) is 0.655. The summed E-state index contributed by atoms with van der Waals surface area (Å²) in [5, 5.41) is 26.4. The molecule has 2 aromatic heterocycles. The average Bonchev–Trinajstić information content (AvgIpc) is 3.67. The number of ether oxygens (including phenoxy) is 1. The number of amides is 2. The zero-order valence-corrected chi connectivity index (χ0v) is 34.8. The quantitative estimate of drug-likeness (QED) is 0.0423. The average molecular weight is 892 g/mol. The van der Waals surface area contributed by atoms with Crippen LogP contribution < -0.4 is 16.4 Å². The third-order valence-electron chi connectivity index (χ3n) is 7.97. The summed E-state index contributed by atoms with van der Waals surface area (Å²) in [6, 6.07) is 0. The lowest BCUT2D eigenvalue weighted by atomic mass is 9.87. The first-order valence-electron chi connectivity index (χ1n) is 17.3. The van der Waals surface area contributed by atoms with Gasteiger partial charge in [-0.15, -0.1) is 0 Å². The van der Waals surface area contributed by atoms with Crippen molar-refractivity contribution in [2.45, 2.75) is 84.0 Å². The van der Waals surface area contributed by atoms with Crippen molar-refractivity contribution in [3.05, 3.63) is 24.3 Å². The number of phosphoric ester groups is 3. The van der Waals surface area contributed by atoms with Gasteiger partial charge < -0.3 is 50.9 Å². The molecule has 0 bridgehead atoms. The van der Waals surface area contributed by atoms with Crippen LogP contribution in [0.5, 0.6) is 0 Å². The molecule has 28 heteroatoms. The summed E-state index contributed by atoms with van der Waals surface area (Å²) >= 11 is 1.09. The van der Waals surface area contributed by atoms with Crippen LogP contribution in [0.4, 0.5) is 5.82 Å². The minimum Gasteiger partial charge on any atom is -0.386 e. The summed E-state index contributed by atoms with van der Waals surface area (Å²) in [6.45, 7) is 4.42. The predicted molar refractivity (Wildman–Crippen MR) is 200 cm³/mol. The Labute approximate surface area is 330 Å². The topological polar surface area (TPSA) is 364 Å². The van der Waals surface area contributed by atoms with Gasteiger partial charge in [-0.2, -0.15) is 4.31 Å². The number of nitrogens with zero attached hydrogens (tertiary/aromatic N) is 4. The van der Waals surface area contributed by atoms with Crippen molar-refractivity contribution in [3.63, 3.8) is 0 Å². The Kier molecular flexibility index (Phi) is 17.9. The van der Waals surface area contributed by atoms with E-state index in [1.54, 1.807) is 0 Å². The Morgan fingerprint density at radius 2 is 1.74 bits per heavy atom. The van der Waals surface area contributed by atoms with Gasteiger partial charge in [0, 0.05) is 36.3 Å². The van der Waals surface area contributed by atoms with Crippen LogP contribution in [0.2, 0.25) is 0 Å². The molecule has 0 aromatic carbocycles. The number of phosphoric acid groups is 3.